The predicted molar refractivity (Wildman–Crippen MR) is 86.4 cm³/mol. The molecule has 1 aromatic carbocycles. The van der Waals surface area contributed by atoms with Crippen molar-refractivity contribution in [1.82, 2.24) is 10.2 Å². The van der Waals surface area contributed by atoms with Gasteiger partial charge in [0, 0.05) is 31.7 Å². The molecule has 1 aliphatic heterocycles. The van der Waals surface area contributed by atoms with Crippen molar-refractivity contribution < 1.29 is 4.74 Å². The Morgan fingerprint density at radius 1 is 1.24 bits per heavy atom. The van der Waals surface area contributed by atoms with Crippen molar-refractivity contribution in [2.45, 2.75) is 44.9 Å². The number of nitrogens with one attached hydrogen (secondary N) is 1. The maximum absolute atomic E-state index is 5.77. The lowest BCUT2D eigenvalue weighted by Crippen LogP contribution is -2.54. The zero-order chi connectivity index (χ0) is 14.7. The van der Waals surface area contributed by atoms with Crippen LogP contribution in [0.3, 0.4) is 0 Å². The minimum atomic E-state index is 0.331. The molecule has 3 nitrogen and oxygen atoms in total. The highest BCUT2D eigenvalue weighted by atomic mass is 16.5. The van der Waals surface area contributed by atoms with E-state index in [-0.39, 0.29) is 0 Å². The maximum Gasteiger partial charge on any atom is 0.0597 e. The Hall–Kier alpha value is -0.900. The number of hydrogen-bond acceptors (Lipinski definition) is 3. The van der Waals surface area contributed by atoms with Gasteiger partial charge in [0.05, 0.1) is 12.7 Å². The summed E-state index contributed by atoms with van der Waals surface area (Å²) in [6.07, 6.45) is 3.14. The normalized spacial score (nSPS) is 27.2. The van der Waals surface area contributed by atoms with Crippen molar-refractivity contribution in [3.8, 4) is 0 Å². The zero-order valence-corrected chi connectivity index (χ0v) is 13.3. The lowest BCUT2D eigenvalue weighted by Gasteiger charge is -2.41. The van der Waals surface area contributed by atoms with Gasteiger partial charge in [0.1, 0.15) is 0 Å². The summed E-state index contributed by atoms with van der Waals surface area (Å²) in [7, 11) is 0. The monoisotopic (exact) mass is 288 g/mol. The van der Waals surface area contributed by atoms with E-state index in [1.54, 1.807) is 0 Å². The van der Waals surface area contributed by atoms with Crippen LogP contribution in [-0.2, 0) is 4.74 Å². The third-order valence-corrected chi connectivity index (χ3v) is 4.66. The van der Waals surface area contributed by atoms with Crippen LogP contribution in [0.4, 0.5) is 0 Å². The molecule has 1 heterocycles. The van der Waals surface area contributed by atoms with E-state index in [0.717, 1.165) is 32.2 Å². The Labute approximate surface area is 128 Å². The molecule has 116 valence electrons. The summed E-state index contributed by atoms with van der Waals surface area (Å²) in [4.78, 5) is 2.66. The quantitative estimate of drug-likeness (QED) is 0.871. The van der Waals surface area contributed by atoms with Crippen molar-refractivity contribution in [2.24, 2.45) is 5.92 Å². The SMILES string of the molecule is CC(C)OCCN1CC(c2ccccc2)NCC1C1CC1. The summed E-state index contributed by atoms with van der Waals surface area (Å²) in [6, 6.07) is 12.0. The van der Waals surface area contributed by atoms with Gasteiger partial charge in [-0.2, -0.15) is 0 Å². The molecule has 1 aromatic rings. The van der Waals surface area contributed by atoms with Crippen LogP contribution in [-0.4, -0.2) is 43.3 Å². The second-order valence-corrected chi connectivity index (χ2v) is 6.69. The highest BCUT2D eigenvalue weighted by Gasteiger charge is 2.38. The molecule has 2 unspecified atom stereocenters. The molecule has 0 amide bonds. The van der Waals surface area contributed by atoms with E-state index in [2.05, 4.69) is 54.4 Å². The molecule has 3 heteroatoms. The highest BCUT2D eigenvalue weighted by Crippen LogP contribution is 2.37. The fourth-order valence-corrected chi connectivity index (χ4v) is 3.34. The lowest BCUT2D eigenvalue weighted by atomic mass is 9.99. The van der Waals surface area contributed by atoms with Crippen molar-refractivity contribution >= 4 is 0 Å². The van der Waals surface area contributed by atoms with E-state index in [1.807, 2.05) is 0 Å². The van der Waals surface area contributed by atoms with Crippen LogP contribution < -0.4 is 5.32 Å². The van der Waals surface area contributed by atoms with Crippen LogP contribution in [0, 0.1) is 5.92 Å². The number of hydrogen-bond donors (Lipinski definition) is 1. The van der Waals surface area contributed by atoms with Crippen LogP contribution in [0.5, 0.6) is 0 Å². The molecule has 0 spiro atoms. The molecule has 0 radical (unpaired) electrons. The topological polar surface area (TPSA) is 24.5 Å². The van der Waals surface area contributed by atoms with Crippen LogP contribution in [0.25, 0.3) is 0 Å². The molecular weight excluding hydrogens is 260 g/mol. The standard InChI is InChI=1S/C18H28N2O/c1-14(2)21-11-10-20-13-17(15-6-4-3-5-7-15)19-12-18(20)16-8-9-16/h3-7,14,16-19H,8-13H2,1-2H3. The molecule has 1 saturated heterocycles. The molecule has 2 fully saturated rings. The van der Waals surface area contributed by atoms with Crippen molar-refractivity contribution in [3.63, 3.8) is 0 Å². The minimum Gasteiger partial charge on any atom is -0.377 e. The first-order valence-corrected chi connectivity index (χ1v) is 8.38. The largest absolute Gasteiger partial charge is 0.377 e. The number of rotatable bonds is 6. The Kier molecular flexibility index (Phi) is 4.94. The Balaban J connectivity index is 1.61. The molecule has 3 rings (SSSR count). The molecular formula is C18H28N2O. The molecule has 21 heavy (non-hydrogen) atoms. The molecule has 2 aliphatic rings. The first-order chi connectivity index (χ1) is 10.2. The van der Waals surface area contributed by atoms with E-state index in [9.17, 15) is 0 Å². The number of nitrogens with zero attached hydrogens (tertiary/aromatic N) is 1. The van der Waals surface area contributed by atoms with Gasteiger partial charge in [0.15, 0.2) is 0 Å². The van der Waals surface area contributed by atoms with E-state index in [0.29, 0.717) is 18.2 Å². The lowest BCUT2D eigenvalue weighted by molar-refractivity contribution is 0.0321. The van der Waals surface area contributed by atoms with Gasteiger partial charge < -0.3 is 10.1 Å². The van der Waals surface area contributed by atoms with E-state index >= 15 is 0 Å². The maximum atomic E-state index is 5.77. The van der Waals surface area contributed by atoms with Gasteiger partial charge >= 0.3 is 0 Å². The van der Waals surface area contributed by atoms with Crippen LogP contribution in [0.1, 0.15) is 38.3 Å². The molecule has 0 aromatic heterocycles. The van der Waals surface area contributed by atoms with E-state index in [1.165, 1.54) is 18.4 Å². The first-order valence-electron chi connectivity index (χ1n) is 8.38. The van der Waals surface area contributed by atoms with Gasteiger partial charge in [-0.25, -0.2) is 0 Å². The minimum absolute atomic E-state index is 0.331. The third-order valence-electron chi connectivity index (χ3n) is 4.66. The predicted octanol–water partition coefficient (Wildman–Crippen LogP) is 2.84. The second-order valence-electron chi connectivity index (χ2n) is 6.69. The average Bonchev–Trinajstić information content (AvgIpc) is 3.32. The summed E-state index contributed by atoms with van der Waals surface area (Å²) in [5.74, 6) is 0.910. The average molecular weight is 288 g/mol. The molecule has 0 bridgehead atoms. The van der Waals surface area contributed by atoms with Gasteiger partial charge in [-0.15, -0.1) is 0 Å². The van der Waals surface area contributed by atoms with Crippen molar-refractivity contribution in [1.29, 1.82) is 0 Å². The fraction of sp³-hybridized carbons (Fsp3) is 0.667. The fourth-order valence-electron chi connectivity index (χ4n) is 3.34. The van der Waals surface area contributed by atoms with E-state index in [4.69, 9.17) is 4.74 Å². The molecule has 1 saturated carbocycles. The Morgan fingerprint density at radius 3 is 2.67 bits per heavy atom. The van der Waals surface area contributed by atoms with Crippen molar-refractivity contribution in [3.05, 3.63) is 35.9 Å². The Bertz CT molecular complexity index is 430. The highest BCUT2D eigenvalue weighted by molar-refractivity contribution is 5.20. The number of benzene rings is 1. The summed E-state index contributed by atoms with van der Waals surface area (Å²) in [6.45, 7) is 8.36. The first kappa shape index (κ1) is 15.0. The van der Waals surface area contributed by atoms with Crippen molar-refractivity contribution in [2.75, 3.05) is 26.2 Å². The zero-order valence-electron chi connectivity index (χ0n) is 13.3. The molecule has 2 atom stereocenters. The van der Waals surface area contributed by atoms with Crippen LogP contribution in [0.2, 0.25) is 0 Å². The number of piperazine rings is 1. The van der Waals surface area contributed by atoms with Crippen LogP contribution in [0.15, 0.2) is 30.3 Å². The van der Waals surface area contributed by atoms with Gasteiger partial charge in [-0.3, -0.25) is 4.90 Å². The van der Waals surface area contributed by atoms with Gasteiger partial charge in [-0.05, 0) is 38.2 Å². The molecule has 1 aliphatic carbocycles. The van der Waals surface area contributed by atoms with Gasteiger partial charge in [-0.1, -0.05) is 30.3 Å². The number of ether oxygens (including phenoxy) is 1. The Morgan fingerprint density at radius 2 is 2.00 bits per heavy atom. The summed E-state index contributed by atoms with van der Waals surface area (Å²) in [5.41, 5.74) is 1.40. The van der Waals surface area contributed by atoms with Gasteiger partial charge in [0.25, 0.3) is 0 Å². The van der Waals surface area contributed by atoms with E-state index < -0.39 is 0 Å². The summed E-state index contributed by atoms with van der Waals surface area (Å²) in [5, 5.41) is 3.75. The molecule has 1 N–H and O–H groups in total. The second kappa shape index (κ2) is 6.91. The summed E-state index contributed by atoms with van der Waals surface area (Å²) < 4.78 is 5.77. The van der Waals surface area contributed by atoms with Crippen LogP contribution >= 0.6 is 0 Å². The smallest absolute Gasteiger partial charge is 0.0597 e. The third kappa shape index (κ3) is 4.06. The summed E-state index contributed by atoms with van der Waals surface area (Å²) >= 11 is 0. The van der Waals surface area contributed by atoms with Gasteiger partial charge in [0.2, 0.25) is 0 Å².